The molecule has 0 fully saturated rings. The van der Waals surface area contributed by atoms with Gasteiger partial charge in [0.15, 0.2) is 6.29 Å². The lowest BCUT2D eigenvalue weighted by molar-refractivity contribution is 0.111. The number of carbonyl (C=O) groups excluding carboxylic acids is 1. The maximum Gasteiger partial charge on any atom is 0.153 e. The predicted molar refractivity (Wildman–Crippen MR) is 66.9 cm³/mol. The molecule has 0 aliphatic heterocycles. The minimum atomic E-state index is 0.560. The van der Waals surface area contributed by atoms with Crippen molar-refractivity contribution >= 4 is 18.0 Å². The van der Waals surface area contributed by atoms with E-state index in [0.717, 1.165) is 18.5 Å². The molecular formula is C12H16O3S. The quantitative estimate of drug-likeness (QED) is 0.542. The van der Waals surface area contributed by atoms with Crippen LogP contribution in [0.3, 0.4) is 0 Å². The Morgan fingerprint density at radius 2 is 2.25 bits per heavy atom. The number of benzene rings is 1. The molecule has 0 atom stereocenters. The standard InChI is InChI=1S/C12H16O3S/c1-14-11-5-4-10(9-13)12(8-11)15-6-3-7-16-2/h4-5,8-9H,3,6-7H2,1-2H3. The van der Waals surface area contributed by atoms with Crippen LogP contribution in [-0.2, 0) is 0 Å². The summed E-state index contributed by atoms with van der Waals surface area (Å²) in [6, 6.07) is 5.19. The van der Waals surface area contributed by atoms with E-state index in [2.05, 4.69) is 6.26 Å². The summed E-state index contributed by atoms with van der Waals surface area (Å²) in [7, 11) is 1.59. The molecule has 0 amide bonds. The molecule has 1 aromatic rings. The molecule has 0 radical (unpaired) electrons. The zero-order valence-electron chi connectivity index (χ0n) is 9.56. The molecule has 0 N–H and O–H groups in total. The van der Waals surface area contributed by atoms with Gasteiger partial charge in [-0.25, -0.2) is 0 Å². The molecule has 1 rings (SSSR count). The molecule has 0 aliphatic carbocycles. The van der Waals surface area contributed by atoms with Gasteiger partial charge in [0.25, 0.3) is 0 Å². The van der Waals surface area contributed by atoms with E-state index in [9.17, 15) is 4.79 Å². The Morgan fingerprint density at radius 1 is 1.44 bits per heavy atom. The first kappa shape index (κ1) is 12.9. The van der Waals surface area contributed by atoms with Gasteiger partial charge >= 0.3 is 0 Å². The predicted octanol–water partition coefficient (Wildman–Crippen LogP) is 2.64. The van der Waals surface area contributed by atoms with Crippen LogP contribution in [0.4, 0.5) is 0 Å². The van der Waals surface area contributed by atoms with E-state index < -0.39 is 0 Å². The summed E-state index contributed by atoms with van der Waals surface area (Å²) in [6.45, 7) is 0.620. The second-order valence-corrected chi connectivity index (χ2v) is 4.20. The number of hydrogen-bond donors (Lipinski definition) is 0. The Balaban J connectivity index is 2.64. The van der Waals surface area contributed by atoms with Gasteiger partial charge < -0.3 is 9.47 Å². The highest BCUT2D eigenvalue weighted by molar-refractivity contribution is 7.98. The average molecular weight is 240 g/mol. The monoisotopic (exact) mass is 240 g/mol. The first-order chi connectivity index (χ1) is 7.81. The lowest BCUT2D eigenvalue weighted by atomic mass is 10.2. The zero-order valence-corrected chi connectivity index (χ0v) is 10.4. The van der Waals surface area contributed by atoms with Gasteiger partial charge in [-0.2, -0.15) is 11.8 Å². The van der Waals surface area contributed by atoms with Gasteiger partial charge in [0.2, 0.25) is 0 Å². The van der Waals surface area contributed by atoms with E-state index >= 15 is 0 Å². The van der Waals surface area contributed by atoms with Crippen molar-refractivity contribution in [2.24, 2.45) is 0 Å². The van der Waals surface area contributed by atoms with Gasteiger partial charge in [0.1, 0.15) is 11.5 Å². The maximum atomic E-state index is 10.8. The molecular weight excluding hydrogens is 224 g/mol. The van der Waals surface area contributed by atoms with Gasteiger partial charge in [-0.1, -0.05) is 0 Å². The second kappa shape index (κ2) is 7.17. The van der Waals surface area contributed by atoms with Crippen LogP contribution < -0.4 is 9.47 Å². The summed E-state index contributed by atoms with van der Waals surface area (Å²) in [4.78, 5) is 10.8. The Hall–Kier alpha value is -1.16. The van der Waals surface area contributed by atoms with Crippen molar-refractivity contribution in [2.45, 2.75) is 6.42 Å². The van der Waals surface area contributed by atoms with Crippen molar-refractivity contribution in [1.82, 2.24) is 0 Å². The molecule has 0 heterocycles. The van der Waals surface area contributed by atoms with E-state index in [4.69, 9.17) is 9.47 Å². The van der Waals surface area contributed by atoms with Crippen molar-refractivity contribution in [3.63, 3.8) is 0 Å². The molecule has 0 aromatic heterocycles. The van der Waals surface area contributed by atoms with Crippen LogP contribution in [0.2, 0.25) is 0 Å². The van der Waals surface area contributed by atoms with Gasteiger partial charge in [0, 0.05) is 6.07 Å². The molecule has 0 spiro atoms. The second-order valence-electron chi connectivity index (χ2n) is 3.22. The number of thioether (sulfide) groups is 1. The fraction of sp³-hybridized carbons (Fsp3) is 0.417. The summed E-state index contributed by atoms with van der Waals surface area (Å²) >= 11 is 1.78. The first-order valence-electron chi connectivity index (χ1n) is 5.06. The van der Waals surface area contributed by atoms with Gasteiger partial charge in [-0.15, -0.1) is 0 Å². The summed E-state index contributed by atoms with van der Waals surface area (Å²) < 4.78 is 10.6. The van der Waals surface area contributed by atoms with E-state index in [1.807, 2.05) is 0 Å². The van der Waals surface area contributed by atoms with Crippen molar-refractivity contribution < 1.29 is 14.3 Å². The Morgan fingerprint density at radius 3 is 2.88 bits per heavy atom. The largest absolute Gasteiger partial charge is 0.497 e. The highest BCUT2D eigenvalue weighted by Gasteiger charge is 2.04. The summed E-state index contributed by atoms with van der Waals surface area (Å²) in [6.07, 6.45) is 3.82. The Kier molecular flexibility index (Phi) is 5.78. The van der Waals surface area contributed by atoms with Crippen molar-refractivity contribution in [1.29, 1.82) is 0 Å². The summed E-state index contributed by atoms with van der Waals surface area (Å²) in [5, 5.41) is 0. The number of hydrogen-bond acceptors (Lipinski definition) is 4. The van der Waals surface area contributed by atoms with Crippen LogP contribution in [-0.4, -0.2) is 32.0 Å². The highest BCUT2D eigenvalue weighted by atomic mass is 32.2. The van der Waals surface area contributed by atoms with Gasteiger partial charge in [-0.3, -0.25) is 4.79 Å². The maximum absolute atomic E-state index is 10.8. The number of rotatable bonds is 7. The molecule has 0 saturated carbocycles. The third kappa shape index (κ3) is 3.77. The van der Waals surface area contributed by atoms with E-state index in [-0.39, 0.29) is 0 Å². The van der Waals surface area contributed by atoms with Crippen LogP contribution in [0, 0.1) is 0 Å². The van der Waals surface area contributed by atoms with Crippen LogP contribution in [0.1, 0.15) is 16.8 Å². The van der Waals surface area contributed by atoms with Gasteiger partial charge in [0.05, 0.1) is 19.3 Å². The van der Waals surface area contributed by atoms with Crippen LogP contribution >= 0.6 is 11.8 Å². The summed E-state index contributed by atoms with van der Waals surface area (Å²) in [5.74, 6) is 2.35. The Labute approximate surface area is 100 Å². The highest BCUT2D eigenvalue weighted by Crippen LogP contribution is 2.23. The molecule has 16 heavy (non-hydrogen) atoms. The fourth-order valence-corrected chi connectivity index (χ4v) is 1.66. The first-order valence-corrected chi connectivity index (χ1v) is 6.46. The van der Waals surface area contributed by atoms with Crippen molar-refractivity contribution in [2.75, 3.05) is 25.7 Å². The van der Waals surface area contributed by atoms with Crippen molar-refractivity contribution in [3.8, 4) is 11.5 Å². The normalized spacial score (nSPS) is 9.88. The van der Waals surface area contributed by atoms with Gasteiger partial charge in [-0.05, 0) is 30.6 Å². The number of carbonyl (C=O) groups is 1. The van der Waals surface area contributed by atoms with E-state index in [0.29, 0.717) is 23.7 Å². The molecule has 0 saturated heterocycles. The zero-order chi connectivity index (χ0) is 11.8. The third-order valence-corrected chi connectivity index (χ3v) is 2.79. The van der Waals surface area contributed by atoms with Crippen LogP contribution in [0.5, 0.6) is 11.5 Å². The minimum absolute atomic E-state index is 0.560. The number of methoxy groups -OCH3 is 1. The van der Waals surface area contributed by atoms with E-state index in [1.165, 1.54) is 0 Å². The third-order valence-electron chi connectivity index (χ3n) is 2.10. The smallest absolute Gasteiger partial charge is 0.153 e. The Bertz CT molecular complexity index is 339. The molecule has 4 heteroatoms. The lowest BCUT2D eigenvalue weighted by Gasteiger charge is -2.09. The molecule has 0 unspecified atom stereocenters. The molecule has 88 valence electrons. The number of aldehydes is 1. The van der Waals surface area contributed by atoms with Crippen LogP contribution in [0.25, 0.3) is 0 Å². The molecule has 1 aromatic carbocycles. The van der Waals surface area contributed by atoms with E-state index in [1.54, 1.807) is 37.1 Å². The molecule has 3 nitrogen and oxygen atoms in total. The topological polar surface area (TPSA) is 35.5 Å². The SMILES string of the molecule is COc1ccc(C=O)c(OCCCSC)c1. The van der Waals surface area contributed by atoms with Crippen LogP contribution in [0.15, 0.2) is 18.2 Å². The average Bonchev–Trinajstić information content (AvgIpc) is 2.34. The minimum Gasteiger partial charge on any atom is -0.497 e. The fourth-order valence-electron chi connectivity index (χ4n) is 1.25. The molecule has 0 aliphatic rings. The lowest BCUT2D eigenvalue weighted by Crippen LogP contribution is -2.01. The number of ether oxygens (including phenoxy) is 2. The molecule has 0 bridgehead atoms. The van der Waals surface area contributed by atoms with Crippen molar-refractivity contribution in [3.05, 3.63) is 23.8 Å². The summed E-state index contributed by atoms with van der Waals surface area (Å²) in [5.41, 5.74) is 0.560.